The van der Waals surface area contributed by atoms with Crippen LogP contribution in [-0.4, -0.2) is 30.3 Å². The molecule has 1 N–H and O–H groups in total. The van der Waals surface area contributed by atoms with Gasteiger partial charge in [-0.25, -0.2) is 0 Å². The molecule has 0 radical (unpaired) electrons. The Hall–Kier alpha value is -1.61. The van der Waals surface area contributed by atoms with Crippen LogP contribution in [0, 0.1) is 5.92 Å². The Balaban J connectivity index is 1.92. The first-order valence-electron chi connectivity index (χ1n) is 9.65. The molecular weight excluding hydrogens is 308 g/mol. The molecule has 1 aliphatic heterocycles. The Morgan fingerprint density at radius 3 is 2.64 bits per heavy atom. The molecule has 0 spiro atoms. The molecule has 1 aliphatic carbocycles. The van der Waals surface area contributed by atoms with Crippen LogP contribution in [0.1, 0.15) is 62.6 Å². The first kappa shape index (κ1) is 18.2. The summed E-state index contributed by atoms with van der Waals surface area (Å²) < 4.78 is 0. The van der Waals surface area contributed by atoms with E-state index in [2.05, 4.69) is 56.4 Å². The highest BCUT2D eigenvalue weighted by Crippen LogP contribution is 2.32. The fourth-order valence-corrected chi connectivity index (χ4v) is 4.21. The molecule has 0 amide bonds. The predicted molar refractivity (Wildman–Crippen MR) is 104 cm³/mol. The Morgan fingerprint density at radius 2 is 1.96 bits per heavy atom. The standard InChI is InChI=1S/C22H32N2O/c1-22(2)14-18-11-10-16(15-24(3)4)12-19(18)20(23-22)13-21(25)17-8-6-5-7-9-17/h10-13,17,23H,5-9,14-15H2,1-4H3/b20-13-. The van der Waals surface area contributed by atoms with Gasteiger partial charge in [-0.3, -0.25) is 4.79 Å². The molecule has 1 fully saturated rings. The van der Waals surface area contributed by atoms with Crippen molar-refractivity contribution < 1.29 is 4.79 Å². The van der Waals surface area contributed by atoms with Crippen molar-refractivity contribution in [3.8, 4) is 0 Å². The lowest BCUT2D eigenvalue weighted by Gasteiger charge is -2.36. The van der Waals surface area contributed by atoms with Crippen LogP contribution < -0.4 is 5.32 Å². The molecule has 1 aromatic rings. The van der Waals surface area contributed by atoms with Crippen molar-refractivity contribution in [3.05, 3.63) is 41.0 Å². The van der Waals surface area contributed by atoms with Crippen molar-refractivity contribution in [1.82, 2.24) is 10.2 Å². The Kier molecular flexibility index (Phi) is 5.33. The zero-order chi connectivity index (χ0) is 18.0. The number of nitrogens with zero attached hydrogens (tertiary/aromatic N) is 1. The highest BCUT2D eigenvalue weighted by molar-refractivity contribution is 5.98. The topological polar surface area (TPSA) is 32.3 Å². The summed E-state index contributed by atoms with van der Waals surface area (Å²) in [6.07, 6.45) is 8.67. The SMILES string of the molecule is CN(C)Cc1ccc2c(c1)/C(=C/C(=O)C1CCCCC1)NC(C)(C)C2. The van der Waals surface area contributed by atoms with E-state index in [1.807, 2.05) is 6.08 Å². The average molecular weight is 341 g/mol. The maximum absolute atomic E-state index is 12.8. The summed E-state index contributed by atoms with van der Waals surface area (Å²) in [5.74, 6) is 0.533. The molecule has 3 nitrogen and oxygen atoms in total. The van der Waals surface area contributed by atoms with Crippen molar-refractivity contribution in [2.75, 3.05) is 14.1 Å². The van der Waals surface area contributed by atoms with Crippen molar-refractivity contribution in [2.24, 2.45) is 5.92 Å². The van der Waals surface area contributed by atoms with E-state index >= 15 is 0 Å². The lowest BCUT2D eigenvalue weighted by Crippen LogP contribution is -2.44. The van der Waals surface area contributed by atoms with Gasteiger partial charge in [0.1, 0.15) is 0 Å². The number of rotatable bonds is 4. The summed E-state index contributed by atoms with van der Waals surface area (Å²) in [7, 11) is 4.17. The molecule has 0 aromatic heterocycles. The number of allylic oxidation sites excluding steroid dienone is 1. The lowest BCUT2D eigenvalue weighted by molar-refractivity contribution is -0.119. The van der Waals surface area contributed by atoms with Gasteiger partial charge in [0.2, 0.25) is 0 Å². The van der Waals surface area contributed by atoms with Crippen LogP contribution in [-0.2, 0) is 17.8 Å². The predicted octanol–water partition coefficient (Wildman–Crippen LogP) is 4.16. The zero-order valence-electron chi connectivity index (χ0n) is 16.2. The number of nitrogens with one attached hydrogen (secondary N) is 1. The fraction of sp³-hybridized carbons (Fsp3) is 0.591. The minimum absolute atomic E-state index is 0.0191. The fourth-order valence-electron chi connectivity index (χ4n) is 4.21. The second-order valence-electron chi connectivity index (χ2n) is 8.71. The van der Waals surface area contributed by atoms with Gasteiger partial charge in [-0.05, 0) is 64.4 Å². The van der Waals surface area contributed by atoms with Gasteiger partial charge in [0.15, 0.2) is 5.78 Å². The van der Waals surface area contributed by atoms with Crippen molar-refractivity contribution in [2.45, 2.75) is 64.5 Å². The van der Waals surface area contributed by atoms with Crippen LogP contribution >= 0.6 is 0 Å². The number of benzene rings is 1. The van der Waals surface area contributed by atoms with Crippen LogP contribution in [0.15, 0.2) is 24.3 Å². The van der Waals surface area contributed by atoms with E-state index in [1.54, 1.807) is 0 Å². The van der Waals surface area contributed by atoms with Gasteiger partial charge >= 0.3 is 0 Å². The lowest BCUT2D eigenvalue weighted by atomic mass is 9.82. The van der Waals surface area contributed by atoms with Gasteiger partial charge in [0.05, 0.1) is 0 Å². The molecule has 1 heterocycles. The number of fused-ring (bicyclic) bond motifs is 1. The third-order valence-electron chi connectivity index (χ3n) is 5.36. The molecule has 0 saturated heterocycles. The summed E-state index contributed by atoms with van der Waals surface area (Å²) in [4.78, 5) is 15.0. The van der Waals surface area contributed by atoms with E-state index in [-0.39, 0.29) is 11.5 Å². The van der Waals surface area contributed by atoms with Crippen LogP contribution in [0.25, 0.3) is 5.70 Å². The summed E-state index contributed by atoms with van der Waals surface area (Å²) >= 11 is 0. The molecule has 3 rings (SSSR count). The number of hydrogen-bond acceptors (Lipinski definition) is 3. The van der Waals surface area contributed by atoms with E-state index in [4.69, 9.17) is 0 Å². The highest BCUT2D eigenvalue weighted by atomic mass is 16.1. The van der Waals surface area contributed by atoms with E-state index in [9.17, 15) is 4.79 Å². The first-order chi connectivity index (χ1) is 11.8. The van der Waals surface area contributed by atoms with Crippen LogP contribution in [0.3, 0.4) is 0 Å². The molecule has 25 heavy (non-hydrogen) atoms. The van der Waals surface area contributed by atoms with Gasteiger partial charge in [0, 0.05) is 35.3 Å². The van der Waals surface area contributed by atoms with Crippen molar-refractivity contribution in [3.63, 3.8) is 0 Å². The van der Waals surface area contributed by atoms with E-state index in [0.717, 1.165) is 31.5 Å². The summed E-state index contributed by atoms with van der Waals surface area (Å²) in [5, 5.41) is 3.63. The van der Waals surface area contributed by atoms with Crippen molar-refractivity contribution in [1.29, 1.82) is 0 Å². The molecule has 1 aromatic carbocycles. The molecule has 3 heteroatoms. The van der Waals surface area contributed by atoms with Crippen LogP contribution in [0.4, 0.5) is 0 Å². The first-order valence-corrected chi connectivity index (χ1v) is 9.65. The molecule has 0 bridgehead atoms. The zero-order valence-corrected chi connectivity index (χ0v) is 16.2. The van der Waals surface area contributed by atoms with Gasteiger partial charge < -0.3 is 10.2 Å². The number of carbonyl (C=O) groups is 1. The Morgan fingerprint density at radius 1 is 1.24 bits per heavy atom. The Bertz CT molecular complexity index is 667. The minimum atomic E-state index is -0.0191. The Labute approximate surface area is 152 Å². The summed E-state index contributed by atoms with van der Waals surface area (Å²) in [5.41, 5.74) is 4.84. The maximum atomic E-state index is 12.8. The number of hydrogen-bond donors (Lipinski definition) is 1. The normalized spacial score (nSPS) is 21.9. The quantitative estimate of drug-likeness (QED) is 0.835. The van der Waals surface area contributed by atoms with Gasteiger partial charge in [-0.2, -0.15) is 0 Å². The third-order valence-corrected chi connectivity index (χ3v) is 5.36. The summed E-state index contributed by atoms with van der Waals surface area (Å²) in [6.45, 7) is 5.34. The molecule has 2 aliphatic rings. The van der Waals surface area contributed by atoms with Gasteiger partial charge in [-0.15, -0.1) is 0 Å². The van der Waals surface area contributed by atoms with Gasteiger partial charge in [-0.1, -0.05) is 31.4 Å². The summed E-state index contributed by atoms with van der Waals surface area (Å²) in [6, 6.07) is 6.73. The van der Waals surface area contributed by atoms with Crippen molar-refractivity contribution >= 4 is 11.5 Å². The van der Waals surface area contributed by atoms with E-state index in [1.165, 1.54) is 36.0 Å². The average Bonchev–Trinajstić information content (AvgIpc) is 2.55. The van der Waals surface area contributed by atoms with Gasteiger partial charge in [0.25, 0.3) is 0 Å². The minimum Gasteiger partial charge on any atom is -0.379 e. The molecule has 136 valence electrons. The smallest absolute Gasteiger partial charge is 0.160 e. The largest absolute Gasteiger partial charge is 0.379 e. The molecular formula is C22H32N2O. The van der Waals surface area contributed by atoms with E-state index in [0.29, 0.717) is 5.78 Å². The molecule has 0 unspecified atom stereocenters. The molecule has 1 saturated carbocycles. The maximum Gasteiger partial charge on any atom is 0.160 e. The second kappa shape index (κ2) is 7.33. The van der Waals surface area contributed by atoms with E-state index < -0.39 is 0 Å². The number of ketones is 1. The molecule has 0 atom stereocenters. The van der Waals surface area contributed by atoms with Crippen LogP contribution in [0.2, 0.25) is 0 Å². The third kappa shape index (κ3) is 4.52. The highest BCUT2D eigenvalue weighted by Gasteiger charge is 2.29. The monoisotopic (exact) mass is 340 g/mol. The second-order valence-corrected chi connectivity index (χ2v) is 8.71. The van der Waals surface area contributed by atoms with Crippen LogP contribution in [0.5, 0.6) is 0 Å². The number of carbonyl (C=O) groups excluding carboxylic acids is 1.